The maximum Gasteiger partial charge on any atom is 0.352 e. The third-order valence-electron chi connectivity index (χ3n) is 3.83. The van der Waals surface area contributed by atoms with Crippen LogP contribution in [0.15, 0.2) is 55.1 Å². The van der Waals surface area contributed by atoms with E-state index in [4.69, 9.17) is 4.74 Å². The molecule has 0 bridgehead atoms. The van der Waals surface area contributed by atoms with Gasteiger partial charge in [0.05, 0.1) is 12.1 Å². The van der Waals surface area contributed by atoms with E-state index >= 15 is 0 Å². The Morgan fingerprint density at radius 2 is 2.04 bits per heavy atom. The summed E-state index contributed by atoms with van der Waals surface area (Å²) in [6.07, 6.45) is 1.59. The number of halogens is 2. The third kappa shape index (κ3) is 3.24. The van der Waals surface area contributed by atoms with E-state index in [1.165, 1.54) is 16.7 Å². The summed E-state index contributed by atoms with van der Waals surface area (Å²) in [6.45, 7) is 3.82. The number of aromatic carboxylic acids is 1. The highest BCUT2D eigenvalue weighted by molar-refractivity contribution is 5.97. The van der Waals surface area contributed by atoms with Gasteiger partial charge in [0, 0.05) is 17.0 Å². The van der Waals surface area contributed by atoms with Gasteiger partial charge in [0.2, 0.25) is 0 Å². The van der Waals surface area contributed by atoms with E-state index in [-0.39, 0.29) is 24.4 Å². The number of hydrogen-bond donors (Lipinski definition) is 1. The fourth-order valence-electron chi connectivity index (χ4n) is 2.70. The minimum atomic E-state index is -1.15. The highest BCUT2D eigenvalue weighted by Crippen LogP contribution is 2.30. The summed E-state index contributed by atoms with van der Waals surface area (Å²) in [5, 5.41) is 10.1. The average Bonchev–Trinajstić information content (AvgIpc) is 2.95. The smallest absolute Gasteiger partial charge is 0.352 e. The minimum Gasteiger partial charge on any atom is -0.489 e. The molecule has 6 heteroatoms. The number of ether oxygens (including phenoxy) is 1. The molecule has 1 N–H and O–H groups in total. The van der Waals surface area contributed by atoms with Crippen LogP contribution in [0.3, 0.4) is 0 Å². The van der Waals surface area contributed by atoms with Gasteiger partial charge < -0.3 is 14.4 Å². The molecule has 0 aliphatic carbocycles. The monoisotopic (exact) mass is 343 g/mol. The zero-order valence-electron chi connectivity index (χ0n) is 13.2. The van der Waals surface area contributed by atoms with Crippen LogP contribution in [0.5, 0.6) is 5.75 Å². The molecule has 3 rings (SSSR count). The van der Waals surface area contributed by atoms with E-state index in [1.54, 1.807) is 24.3 Å². The Kier molecular flexibility index (Phi) is 4.52. The first-order chi connectivity index (χ1) is 12.0. The third-order valence-corrected chi connectivity index (χ3v) is 3.83. The van der Waals surface area contributed by atoms with E-state index in [9.17, 15) is 18.7 Å². The summed E-state index contributed by atoms with van der Waals surface area (Å²) in [5.74, 6) is -2.04. The van der Waals surface area contributed by atoms with E-state index in [2.05, 4.69) is 6.58 Å². The van der Waals surface area contributed by atoms with E-state index in [0.717, 1.165) is 12.1 Å². The Morgan fingerprint density at radius 1 is 1.24 bits per heavy atom. The molecular formula is C19H15F2NO3. The van der Waals surface area contributed by atoms with Crippen molar-refractivity contribution in [2.75, 3.05) is 6.61 Å². The Bertz CT molecular complexity index is 963. The Hall–Kier alpha value is -3.15. The van der Waals surface area contributed by atoms with Crippen LogP contribution >= 0.6 is 0 Å². The second kappa shape index (κ2) is 6.76. The molecule has 1 heterocycles. The second-order valence-corrected chi connectivity index (χ2v) is 5.45. The van der Waals surface area contributed by atoms with Gasteiger partial charge in [-0.1, -0.05) is 24.8 Å². The molecule has 4 nitrogen and oxygen atoms in total. The van der Waals surface area contributed by atoms with E-state index < -0.39 is 17.6 Å². The lowest BCUT2D eigenvalue weighted by atomic mass is 10.2. The number of hydrogen-bond acceptors (Lipinski definition) is 2. The molecule has 1 aromatic heterocycles. The first-order valence-corrected chi connectivity index (χ1v) is 7.54. The van der Waals surface area contributed by atoms with Crippen LogP contribution in [-0.2, 0) is 6.54 Å². The summed E-state index contributed by atoms with van der Waals surface area (Å²) >= 11 is 0. The Labute approximate surface area is 142 Å². The number of carboxylic acid groups (broad SMARTS) is 1. The summed E-state index contributed by atoms with van der Waals surface area (Å²) in [6, 6.07) is 9.88. The minimum absolute atomic E-state index is 0.00613. The predicted molar refractivity (Wildman–Crippen MR) is 90.0 cm³/mol. The highest BCUT2D eigenvalue weighted by atomic mass is 19.1. The molecule has 25 heavy (non-hydrogen) atoms. The number of carbonyl (C=O) groups is 1. The number of fused-ring (bicyclic) bond motifs is 1. The Balaban J connectivity index is 2.13. The topological polar surface area (TPSA) is 51.5 Å². The molecule has 0 saturated heterocycles. The molecule has 2 aromatic carbocycles. The molecule has 0 amide bonds. The van der Waals surface area contributed by atoms with E-state index in [0.29, 0.717) is 16.7 Å². The molecule has 0 aliphatic heterocycles. The number of carboxylic acids is 1. The standard InChI is InChI=1S/C19H15F2NO3/c1-2-8-25-18-5-3-4-16-14(18)10-17(19(23)24)22(16)11-12-6-7-13(20)9-15(12)21/h2-7,9-10H,1,8,11H2,(H,23,24). The normalized spacial score (nSPS) is 10.8. The van der Waals surface area contributed by atoms with Gasteiger partial charge in [-0.2, -0.15) is 0 Å². The van der Waals surface area contributed by atoms with Crippen molar-refractivity contribution in [2.24, 2.45) is 0 Å². The first-order valence-electron chi connectivity index (χ1n) is 7.54. The van der Waals surface area contributed by atoms with Gasteiger partial charge in [-0.3, -0.25) is 0 Å². The molecule has 3 aromatic rings. The van der Waals surface area contributed by atoms with Gasteiger partial charge in [-0.05, 0) is 24.3 Å². The molecule has 0 aliphatic rings. The molecule has 0 fully saturated rings. The van der Waals surface area contributed by atoms with Crippen molar-refractivity contribution >= 4 is 16.9 Å². The van der Waals surface area contributed by atoms with Gasteiger partial charge in [0.25, 0.3) is 0 Å². The SMILES string of the molecule is C=CCOc1cccc2c1cc(C(=O)O)n2Cc1ccc(F)cc1F. The summed E-state index contributed by atoms with van der Waals surface area (Å²) in [5.41, 5.74) is 0.773. The molecule has 0 radical (unpaired) electrons. The lowest BCUT2D eigenvalue weighted by Gasteiger charge is -2.10. The number of aromatic nitrogens is 1. The zero-order valence-corrected chi connectivity index (χ0v) is 13.2. The van der Waals surface area contributed by atoms with Crippen molar-refractivity contribution < 1.29 is 23.4 Å². The van der Waals surface area contributed by atoms with Gasteiger partial charge in [-0.25, -0.2) is 13.6 Å². The fraction of sp³-hybridized carbons (Fsp3) is 0.105. The van der Waals surface area contributed by atoms with Crippen LogP contribution < -0.4 is 4.74 Å². The molecule has 0 atom stereocenters. The Morgan fingerprint density at radius 3 is 2.72 bits per heavy atom. The van der Waals surface area contributed by atoms with Crippen molar-refractivity contribution in [1.29, 1.82) is 0 Å². The number of nitrogens with zero attached hydrogens (tertiary/aromatic N) is 1. The van der Waals surface area contributed by atoms with Gasteiger partial charge in [0.1, 0.15) is 29.7 Å². The van der Waals surface area contributed by atoms with Crippen LogP contribution in [0.4, 0.5) is 8.78 Å². The van der Waals surface area contributed by atoms with Gasteiger partial charge in [-0.15, -0.1) is 0 Å². The summed E-state index contributed by atoms with van der Waals surface area (Å²) < 4.78 is 34.1. The van der Waals surface area contributed by atoms with Crippen molar-refractivity contribution in [3.8, 4) is 5.75 Å². The van der Waals surface area contributed by atoms with Crippen LogP contribution in [0.2, 0.25) is 0 Å². The molecule has 0 spiro atoms. The van der Waals surface area contributed by atoms with Crippen LogP contribution in [-0.4, -0.2) is 22.2 Å². The van der Waals surface area contributed by atoms with Crippen LogP contribution in [0.25, 0.3) is 10.9 Å². The quantitative estimate of drug-likeness (QED) is 0.682. The summed E-state index contributed by atoms with van der Waals surface area (Å²) in [4.78, 5) is 11.6. The molecular weight excluding hydrogens is 328 g/mol. The lowest BCUT2D eigenvalue weighted by Crippen LogP contribution is -2.10. The second-order valence-electron chi connectivity index (χ2n) is 5.45. The maximum absolute atomic E-state index is 14.0. The fourth-order valence-corrected chi connectivity index (χ4v) is 2.70. The van der Waals surface area contributed by atoms with Crippen LogP contribution in [0.1, 0.15) is 16.1 Å². The molecule has 0 unspecified atom stereocenters. The van der Waals surface area contributed by atoms with Crippen molar-refractivity contribution in [1.82, 2.24) is 4.57 Å². The number of rotatable bonds is 6. The van der Waals surface area contributed by atoms with Gasteiger partial charge in [0.15, 0.2) is 0 Å². The van der Waals surface area contributed by atoms with Crippen molar-refractivity contribution in [2.45, 2.75) is 6.54 Å². The van der Waals surface area contributed by atoms with Gasteiger partial charge >= 0.3 is 5.97 Å². The lowest BCUT2D eigenvalue weighted by molar-refractivity contribution is 0.0686. The highest BCUT2D eigenvalue weighted by Gasteiger charge is 2.18. The van der Waals surface area contributed by atoms with Crippen molar-refractivity contribution in [3.05, 3.63) is 78.0 Å². The largest absolute Gasteiger partial charge is 0.489 e. The number of benzene rings is 2. The van der Waals surface area contributed by atoms with Crippen molar-refractivity contribution in [3.63, 3.8) is 0 Å². The first kappa shape index (κ1) is 16.7. The van der Waals surface area contributed by atoms with E-state index in [1.807, 2.05) is 0 Å². The molecule has 128 valence electrons. The predicted octanol–water partition coefficient (Wildman–Crippen LogP) is 4.23. The average molecular weight is 343 g/mol. The zero-order chi connectivity index (χ0) is 18.0. The molecule has 0 saturated carbocycles. The van der Waals surface area contributed by atoms with Crippen LogP contribution in [0, 0.1) is 11.6 Å². The maximum atomic E-state index is 14.0. The summed E-state index contributed by atoms with van der Waals surface area (Å²) in [7, 11) is 0.